The highest BCUT2D eigenvalue weighted by molar-refractivity contribution is 6.44. The number of carboxylic acid groups (broad SMARTS) is 1. The van der Waals surface area contributed by atoms with Gasteiger partial charge >= 0.3 is 13.1 Å². The second-order valence-electron chi connectivity index (χ2n) is 5.24. The summed E-state index contributed by atoms with van der Waals surface area (Å²) in [5.74, 6) is -0.734. The molecule has 1 aromatic carbocycles. The second kappa shape index (κ2) is 7.33. The summed E-state index contributed by atoms with van der Waals surface area (Å²) >= 11 is 0. The Morgan fingerprint density at radius 3 is 3.00 bits per heavy atom. The van der Waals surface area contributed by atoms with Crippen LogP contribution in [0.4, 0.5) is 0 Å². The maximum absolute atomic E-state index is 11.5. The molecule has 0 amide bonds. The molecule has 0 saturated heterocycles. The first-order valence-corrected chi connectivity index (χ1v) is 7.17. The van der Waals surface area contributed by atoms with Crippen molar-refractivity contribution in [1.82, 2.24) is 0 Å². The molecule has 6 nitrogen and oxygen atoms in total. The van der Waals surface area contributed by atoms with Crippen LogP contribution in [0, 0.1) is 5.92 Å². The number of aryl methyl sites for hydroxylation is 1. The number of ether oxygens (including phenoxy) is 1. The molecule has 1 heterocycles. The highest BCUT2D eigenvalue weighted by Crippen LogP contribution is 2.36. The Morgan fingerprint density at radius 1 is 1.55 bits per heavy atom. The molecular formula is C15H19BO6. The maximum Gasteiger partial charge on any atom is 0.522 e. The molecule has 1 atom stereocenters. The molecule has 0 aromatic heterocycles. The van der Waals surface area contributed by atoms with Crippen LogP contribution in [0.3, 0.4) is 0 Å². The quantitative estimate of drug-likeness (QED) is 0.542. The van der Waals surface area contributed by atoms with Crippen LogP contribution in [0.5, 0.6) is 11.5 Å². The summed E-state index contributed by atoms with van der Waals surface area (Å²) in [7, 11) is -0.993. The van der Waals surface area contributed by atoms with E-state index in [9.17, 15) is 14.9 Å². The second-order valence-corrected chi connectivity index (χ2v) is 5.24. The summed E-state index contributed by atoms with van der Waals surface area (Å²) < 4.78 is 10.9. The van der Waals surface area contributed by atoms with Crippen LogP contribution in [0.15, 0.2) is 24.3 Å². The number of benzene rings is 1. The van der Waals surface area contributed by atoms with E-state index in [1.54, 1.807) is 24.3 Å². The van der Waals surface area contributed by atoms with E-state index in [0.29, 0.717) is 12.7 Å². The maximum atomic E-state index is 11.5. The molecule has 0 bridgehead atoms. The highest BCUT2D eigenvalue weighted by atomic mass is 16.5. The Hall–Kier alpha value is -1.99. The van der Waals surface area contributed by atoms with Gasteiger partial charge in [0.05, 0.1) is 13.2 Å². The van der Waals surface area contributed by atoms with E-state index >= 15 is 0 Å². The zero-order valence-electron chi connectivity index (χ0n) is 12.4. The first kappa shape index (κ1) is 16.4. The summed E-state index contributed by atoms with van der Waals surface area (Å²) in [6.45, 7) is 2.12. The Kier molecular flexibility index (Phi) is 5.46. The van der Waals surface area contributed by atoms with E-state index < -0.39 is 13.1 Å². The summed E-state index contributed by atoms with van der Waals surface area (Å²) in [4.78, 5) is 11.5. The monoisotopic (exact) mass is 306 g/mol. The number of rotatable bonds is 6. The molecule has 0 saturated carbocycles. The Morgan fingerprint density at radius 2 is 2.32 bits per heavy atom. The van der Waals surface area contributed by atoms with Crippen molar-refractivity contribution < 1.29 is 29.4 Å². The lowest BCUT2D eigenvalue weighted by atomic mass is 9.78. The number of aliphatic hydroxyl groups is 1. The number of carboxylic acids is 1. The zero-order chi connectivity index (χ0) is 16.1. The highest BCUT2D eigenvalue weighted by Gasteiger charge is 2.30. The van der Waals surface area contributed by atoms with Crippen molar-refractivity contribution in [2.75, 3.05) is 13.2 Å². The molecule has 1 aromatic rings. The lowest BCUT2D eigenvalue weighted by Gasteiger charge is -2.23. The first-order chi connectivity index (χ1) is 10.5. The van der Waals surface area contributed by atoms with Crippen molar-refractivity contribution in [2.45, 2.75) is 19.7 Å². The Balaban J connectivity index is 2.22. The third kappa shape index (κ3) is 3.81. The molecule has 0 fully saturated rings. The minimum absolute atomic E-state index is 0.0244. The van der Waals surface area contributed by atoms with Gasteiger partial charge in [0.25, 0.3) is 0 Å². The summed E-state index contributed by atoms with van der Waals surface area (Å²) in [5.41, 5.74) is 0.692. The van der Waals surface area contributed by atoms with Crippen molar-refractivity contribution in [3.8, 4) is 11.5 Å². The van der Waals surface area contributed by atoms with Crippen molar-refractivity contribution in [1.29, 1.82) is 0 Å². The third-order valence-electron chi connectivity index (χ3n) is 3.40. The van der Waals surface area contributed by atoms with Crippen LogP contribution in [0.25, 0.3) is 0 Å². The van der Waals surface area contributed by atoms with E-state index in [4.69, 9.17) is 14.5 Å². The van der Waals surface area contributed by atoms with Crippen LogP contribution >= 0.6 is 0 Å². The van der Waals surface area contributed by atoms with Gasteiger partial charge in [0.15, 0.2) is 0 Å². The predicted octanol–water partition coefficient (Wildman–Crippen LogP) is 1.36. The van der Waals surface area contributed by atoms with Gasteiger partial charge in [-0.15, -0.1) is 0 Å². The molecule has 0 aliphatic carbocycles. The Bertz CT molecular complexity index is 571. The number of carbonyl (C=O) groups is 1. The van der Waals surface area contributed by atoms with Crippen molar-refractivity contribution in [3.63, 3.8) is 0 Å². The topological polar surface area (TPSA) is 96.2 Å². The molecule has 2 rings (SSSR count). The molecule has 118 valence electrons. The molecular weight excluding hydrogens is 287 g/mol. The minimum atomic E-state index is -1.15. The van der Waals surface area contributed by atoms with Gasteiger partial charge < -0.3 is 24.6 Å². The average molecular weight is 306 g/mol. The first-order valence-electron chi connectivity index (χ1n) is 7.17. The number of hydrogen-bond donors (Lipinski definition) is 3. The molecule has 1 aliphatic heterocycles. The largest absolute Gasteiger partial charge is 0.535 e. The van der Waals surface area contributed by atoms with Gasteiger partial charge in [-0.1, -0.05) is 25.1 Å². The third-order valence-corrected chi connectivity index (χ3v) is 3.40. The van der Waals surface area contributed by atoms with Gasteiger partial charge in [-0.25, -0.2) is 4.79 Å². The van der Waals surface area contributed by atoms with Gasteiger partial charge in [0.2, 0.25) is 0 Å². The molecule has 3 N–H and O–H groups in total. The minimum Gasteiger partial charge on any atom is -0.535 e. The fourth-order valence-electron chi connectivity index (χ4n) is 2.31. The Labute approximate surface area is 129 Å². The fraction of sp³-hybridized carbons (Fsp3) is 0.400. The van der Waals surface area contributed by atoms with Crippen LogP contribution in [0.2, 0.25) is 6.32 Å². The van der Waals surface area contributed by atoms with Crippen molar-refractivity contribution in [2.24, 2.45) is 5.92 Å². The van der Waals surface area contributed by atoms with Gasteiger partial charge in [0.1, 0.15) is 17.1 Å². The average Bonchev–Trinajstić information content (AvgIpc) is 2.49. The molecule has 1 unspecified atom stereocenters. The zero-order valence-corrected chi connectivity index (χ0v) is 12.4. The number of aromatic carboxylic acids is 1. The summed E-state index contributed by atoms with van der Waals surface area (Å²) in [6, 6.07) is 3.38. The molecule has 7 heteroatoms. The van der Waals surface area contributed by atoms with E-state index in [-0.39, 0.29) is 36.2 Å². The summed E-state index contributed by atoms with van der Waals surface area (Å²) in [5, 5.41) is 27.7. The standard InChI is InChI=1S/C15H19BO6/c1-10(3-2-8-17)9-21-12-5-4-11-6-7-16(20)22-14(11)13(12)15(18)19/h2-5,10,17,20H,6-9H2,1H3,(H,18,19)/b3-2+. The van der Waals surface area contributed by atoms with Crippen LogP contribution < -0.4 is 9.39 Å². The SMILES string of the molecule is CC(/C=C/CO)COc1ccc2c(c1C(=O)O)OB(O)CC2. The summed E-state index contributed by atoms with van der Waals surface area (Å²) in [6.07, 6.45) is 4.40. The smallest absolute Gasteiger partial charge is 0.522 e. The molecule has 22 heavy (non-hydrogen) atoms. The van der Waals surface area contributed by atoms with Crippen LogP contribution in [-0.2, 0) is 6.42 Å². The lowest BCUT2D eigenvalue weighted by Crippen LogP contribution is -2.28. The van der Waals surface area contributed by atoms with E-state index in [0.717, 1.165) is 5.56 Å². The van der Waals surface area contributed by atoms with Crippen LogP contribution in [0.1, 0.15) is 22.8 Å². The van der Waals surface area contributed by atoms with Crippen LogP contribution in [-0.4, -0.2) is 41.5 Å². The van der Waals surface area contributed by atoms with Gasteiger partial charge in [-0.2, -0.15) is 0 Å². The van der Waals surface area contributed by atoms with Gasteiger partial charge in [0, 0.05) is 5.92 Å². The normalized spacial score (nSPS) is 15.3. The van der Waals surface area contributed by atoms with Crippen molar-refractivity contribution in [3.05, 3.63) is 35.4 Å². The van der Waals surface area contributed by atoms with Crippen molar-refractivity contribution >= 4 is 13.1 Å². The number of aliphatic hydroxyl groups excluding tert-OH is 1. The number of fused-ring (bicyclic) bond motifs is 1. The molecule has 0 spiro atoms. The van der Waals surface area contributed by atoms with Gasteiger partial charge in [-0.3, -0.25) is 0 Å². The fourth-order valence-corrected chi connectivity index (χ4v) is 2.31. The number of hydrogen-bond acceptors (Lipinski definition) is 5. The molecule has 1 aliphatic rings. The van der Waals surface area contributed by atoms with E-state index in [1.807, 2.05) is 6.92 Å². The molecule has 0 radical (unpaired) electrons. The van der Waals surface area contributed by atoms with Gasteiger partial charge in [-0.05, 0) is 24.4 Å². The lowest BCUT2D eigenvalue weighted by molar-refractivity contribution is 0.0689. The van der Waals surface area contributed by atoms with E-state index in [1.165, 1.54) is 0 Å². The predicted molar refractivity (Wildman–Crippen MR) is 81.4 cm³/mol. The van der Waals surface area contributed by atoms with E-state index in [2.05, 4.69) is 0 Å².